The maximum atomic E-state index is 11.9. The van der Waals surface area contributed by atoms with Crippen LogP contribution in [0, 0.1) is 13.8 Å². The summed E-state index contributed by atoms with van der Waals surface area (Å²) in [5.41, 5.74) is 1.95. The van der Waals surface area contributed by atoms with Gasteiger partial charge in [0.1, 0.15) is 5.75 Å². The Morgan fingerprint density at radius 3 is 2.50 bits per heavy atom. The third-order valence-electron chi connectivity index (χ3n) is 3.36. The molecule has 0 aliphatic heterocycles. The molecule has 122 valence electrons. The van der Waals surface area contributed by atoms with Gasteiger partial charge in [0.05, 0.1) is 12.8 Å². The summed E-state index contributed by atoms with van der Waals surface area (Å²) in [4.78, 5) is 25.3. The van der Waals surface area contributed by atoms with E-state index in [1.807, 2.05) is 33.8 Å². The van der Waals surface area contributed by atoms with Crippen LogP contribution in [0.3, 0.4) is 0 Å². The average molecular weight is 328 g/mol. The normalized spacial score (nSPS) is 11.3. The number of carbonyl (C=O) groups excluding carboxylic acids is 1. The molecule has 0 saturated carbocycles. The van der Waals surface area contributed by atoms with Gasteiger partial charge in [0, 0.05) is 17.5 Å². The highest BCUT2D eigenvalue weighted by Gasteiger charge is 2.30. The van der Waals surface area contributed by atoms with E-state index < -0.39 is 17.4 Å². The first-order valence-corrected chi connectivity index (χ1v) is 7.43. The van der Waals surface area contributed by atoms with Crippen molar-refractivity contribution in [1.29, 1.82) is 0 Å². The van der Waals surface area contributed by atoms with E-state index in [0.717, 1.165) is 16.7 Å². The molecule has 0 atom stereocenters. The first kappa shape index (κ1) is 18.5. The van der Waals surface area contributed by atoms with Gasteiger partial charge in [-0.2, -0.15) is 0 Å². The number of nitrogens with one attached hydrogen (secondary N) is 1. The number of esters is 1. The van der Waals surface area contributed by atoms with Gasteiger partial charge in [-0.1, -0.05) is 19.9 Å². The van der Waals surface area contributed by atoms with Crippen LogP contribution in [0.4, 0.5) is 0 Å². The molecule has 1 rings (SSSR count). The van der Waals surface area contributed by atoms with E-state index in [2.05, 4.69) is 4.84 Å². The van der Waals surface area contributed by atoms with Crippen LogP contribution in [0.2, 0.25) is 0 Å². The zero-order valence-corrected chi connectivity index (χ0v) is 14.1. The van der Waals surface area contributed by atoms with Gasteiger partial charge in [0.25, 0.3) is 0 Å². The second-order valence-corrected chi connectivity index (χ2v) is 6.28. The molecule has 0 unspecified atom stereocenters. The van der Waals surface area contributed by atoms with Gasteiger partial charge in [0.2, 0.25) is 0 Å². The summed E-state index contributed by atoms with van der Waals surface area (Å²) in [6.07, 6.45) is 0.0833. The number of carboxylic acids is 1. The van der Waals surface area contributed by atoms with Crippen molar-refractivity contribution in [2.24, 2.45) is 0 Å². The minimum atomic E-state index is -0.895. The third kappa shape index (κ3) is 5.00. The highest BCUT2D eigenvalue weighted by atomic mass is 35.5. The molecule has 22 heavy (non-hydrogen) atoms. The minimum Gasteiger partial charge on any atom is -0.481 e. The van der Waals surface area contributed by atoms with Gasteiger partial charge >= 0.3 is 11.9 Å². The zero-order valence-electron chi connectivity index (χ0n) is 13.3. The molecule has 0 bridgehead atoms. The van der Waals surface area contributed by atoms with Crippen LogP contribution >= 0.6 is 11.8 Å². The van der Waals surface area contributed by atoms with Crippen LogP contribution in [0.25, 0.3) is 0 Å². The van der Waals surface area contributed by atoms with E-state index in [1.165, 1.54) is 0 Å². The first-order chi connectivity index (χ1) is 10.2. The molecule has 0 heterocycles. The monoisotopic (exact) mass is 327 g/mol. The lowest BCUT2D eigenvalue weighted by molar-refractivity contribution is -0.138. The standard InChI is InChI=1S/C16H22ClNO4/c1-10-7-11(2)15(16(3,4)9-13(19)20)12(8-10)22-14(21)5-6-18-17/h7-8,18H,5-6,9H2,1-4H3,(H,19,20). The lowest BCUT2D eigenvalue weighted by atomic mass is 9.78. The average Bonchev–Trinajstić information content (AvgIpc) is 2.33. The number of aryl methyl sites for hydroxylation is 2. The largest absolute Gasteiger partial charge is 0.481 e. The van der Waals surface area contributed by atoms with Crippen LogP contribution in [-0.4, -0.2) is 23.6 Å². The molecule has 0 aliphatic carbocycles. The van der Waals surface area contributed by atoms with Crippen LogP contribution in [0.5, 0.6) is 5.75 Å². The van der Waals surface area contributed by atoms with E-state index in [-0.39, 0.29) is 12.8 Å². The highest BCUT2D eigenvalue weighted by molar-refractivity contribution is 6.13. The molecule has 0 amide bonds. The van der Waals surface area contributed by atoms with E-state index in [0.29, 0.717) is 12.3 Å². The SMILES string of the molecule is Cc1cc(C)c(C(C)(C)CC(=O)O)c(OC(=O)CCNCl)c1. The Kier molecular flexibility index (Phi) is 6.38. The molecule has 1 aromatic rings. The van der Waals surface area contributed by atoms with E-state index in [9.17, 15) is 9.59 Å². The van der Waals surface area contributed by atoms with E-state index >= 15 is 0 Å². The fourth-order valence-corrected chi connectivity index (χ4v) is 2.76. The number of hydrogen-bond donors (Lipinski definition) is 2. The summed E-state index contributed by atoms with van der Waals surface area (Å²) in [5, 5.41) is 9.11. The number of carbonyl (C=O) groups is 2. The van der Waals surface area contributed by atoms with Crippen LogP contribution < -0.4 is 9.57 Å². The van der Waals surface area contributed by atoms with Crippen molar-refractivity contribution in [1.82, 2.24) is 4.84 Å². The molecule has 0 fully saturated rings. The van der Waals surface area contributed by atoms with Crippen LogP contribution in [0.1, 0.15) is 43.4 Å². The number of carboxylic acid groups (broad SMARTS) is 1. The smallest absolute Gasteiger partial charge is 0.312 e. The Bertz CT molecular complexity index is 570. The van der Waals surface area contributed by atoms with Gasteiger partial charge in [-0.05, 0) is 42.8 Å². The maximum Gasteiger partial charge on any atom is 0.312 e. The van der Waals surface area contributed by atoms with Crippen molar-refractivity contribution in [3.63, 3.8) is 0 Å². The third-order valence-corrected chi connectivity index (χ3v) is 3.55. The second kappa shape index (κ2) is 7.61. The first-order valence-electron chi connectivity index (χ1n) is 7.05. The summed E-state index contributed by atoms with van der Waals surface area (Å²) in [5.74, 6) is -0.887. The fraction of sp³-hybridized carbons (Fsp3) is 0.500. The van der Waals surface area contributed by atoms with Crippen molar-refractivity contribution < 1.29 is 19.4 Å². The number of benzene rings is 1. The second-order valence-electron chi connectivity index (χ2n) is 6.02. The van der Waals surface area contributed by atoms with Gasteiger partial charge in [-0.15, -0.1) is 0 Å². The molecule has 0 aliphatic rings. The summed E-state index contributed by atoms with van der Waals surface area (Å²) in [6, 6.07) is 3.72. The molecule has 5 nitrogen and oxygen atoms in total. The van der Waals surface area contributed by atoms with Gasteiger partial charge in [0.15, 0.2) is 0 Å². The molecule has 0 saturated heterocycles. The lowest BCUT2D eigenvalue weighted by Crippen LogP contribution is -2.25. The number of hydrogen-bond acceptors (Lipinski definition) is 4. The molecule has 0 spiro atoms. The Labute approximate surface area is 135 Å². The van der Waals surface area contributed by atoms with Crippen molar-refractivity contribution >= 4 is 23.7 Å². The molecular weight excluding hydrogens is 306 g/mol. The number of ether oxygens (including phenoxy) is 1. The van der Waals surface area contributed by atoms with Crippen molar-refractivity contribution in [2.75, 3.05) is 6.54 Å². The summed E-state index contributed by atoms with van der Waals surface area (Å²) < 4.78 is 5.45. The molecule has 2 N–H and O–H groups in total. The Hall–Kier alpha value is -1.59. The minimum absolute atomic E-state index is 0.0509. The zero-order chi connectivity index (χ0) is 16.9. The highest BCUT2D eigenvalue weighted by Crippen LogP contribution is 2.38. The fourth-order valence-electron chi connectivity index (χ4n) is 2.67. The van der Waals surface area contributed by atoms with Crippen LogP contribution in [-0.2, 0) is 15.0 Å². The molecule has 0 aromatic heterocycles. The summed E-state index contributed by atoms with van der Waals surface area (Å²) in [7, 11) is 0. The topological polar surface area (TPSA) is 75.6 Å². The van der Waals surface area contributed by atoms with E-state index in [4.69, 9.17) is 21.6 Å². The van der Waals surface area contributed by atoms with Crippen molar-refractivity contribution in [2.45, 2.75) is 46.0 Å². The van der Waals surface area contributed by atoms with Crippen molar-refractivity contribution in [3.05, 3.63) is 28.8 Å². The number of aliphatic carboxylic acids is 1. The number of halogens is 1. The molecule has 1 aromatic carbocycles. The van der Waals surface area contributed by atoms with Gasteiger partial charge in [-0.3, -0.25) is 9.59 Å². The predicted octanol–water partition coefficient (Wildman–Crippen LogP) is 3.09. The molecular formula is C16H22ClNO4. The van der Waals surface area contributed by atoms with Crippen LogP contribution in [0.15, 0.2) is 12.1 Å². The lowest BCUT2D eigenvalue weighted by Gasteiger charge is -2.28. The molecule has 6 heteroatoms. The summed E-state index contributed by atoms with van der Waals surface area (Å²) >= 11 is 5.34. The Morgan fingerprint density at radius 2 is 1.95 bits per heavy atom. The quantitative estimate of drug-likeness (QED) is 0.457. The van der Waals surface area contributed by atoms with Crippen molar-refractivity contribution in [3.8, 4) is 5.75 Å². The van der Waals surface area contributed by atoms with Gasteiger partial charge < -0.3 is 9.84 Å². The van der Waals surface area contributed by atoms with Gasteiger partial charge in [-0.25, -0.2) is 4.84 Å². The Morgan fingerprint density at radius 1 is 1.32 bits per heavy atom. The molecule has 0 radical (unpaired) electrons. The summed E-state index contributed by atoms with van der Waals surface area (Å²) in [6.45, 7) is 7.76. The van der Waals surface area contributed by atoms with E-state index in [1.54, 1.807) is 6.07 Å². The Balaban J connectivity index is 3.20. The predicted molar refractivity (Wildman–Crippen MR) is 85.3 cm³/mol. The number of rotatable bonds is 7. The maximum absolute atomic E-state index is 11.9.